The summed E-state index contributed by atoms with van der Waals surface area (Å²) in [4.78, 5) is 31.5. The van der Waals surface area contributed by atoms with Crippen LogP contribution in [0.2, 0.25) is 0 Å². The van der Waals surface area contributed by atoms with Crippen LogP contribution in [-0.4, -0.2) is 39.8 Å². The minimum Gasteiger partial charge on any atom is -0.507 e. The zero-order valence-corrected chi connectivity index (χ0v) is 21.0. The van der Waals surface area contributed by atoms with Crippen molar-refractivity contribution in [3.8, 4) is 5.75 Å². The lowest BCUT2D eigenvalue weighted by Gasteiger charge is -2.25. The van der Waals surface area contributed by atoms with E-state index in [0.717, 1.165) is 34.0 Å². The molecule has 37 heavy (non-hydrogen) atoms. The lowest BCUT2D eigenvalue weighted by atomic mass is 9.94. The largest absolute Gasteiger partial charge is 0.507 e. The molecule has 6 heteroatoms. The van der Waals surface area contributed by atoms with Gasteiger partial charge in [-0.05, 0) is 66.8 Å². The number of aliphatic hydroxyl groups excluding tert-OH is 1. The number of fused-ring (bicyclic) bond motifs is 1. The number of aromatic amines is 1. The Labute approximate surface area is 216 Å². The number of benzene rings is 3. The van der Waals surface area contributed by atoms with Gasteiger partial charge in [0.2, 0.25) is 0 Å². The normalized spacial score (nSPS) is 17.0. The molecule has 0 saturated carbocycles. The van der Waals surface area contributed by atoms with Gasteiger partial charge in [-0.15, -0.1) is 0 Å². The Balaban J connectivity index is 1.54. The van der Waals surface area contributed by atoms with Crippen molar-refractivity contribution in [2.75, 3.05) is 13.2 Å². The molecule has 188 valence electrons. The van der Waals surface area contributed by atoms with Crippen molar-refractivity contribution in [1.29, 1.82) is 0 Å². The number of nitrogens with zero attached hydrogens (tertiary/aromatic N) is 1. The second kappa shape index (κ2) is 10.3. The Bertz CT molecular complexity index is 1470. The molecule has 1 atom stereocenters. The highest BCUT2D eigenvalue weighted by Crippen LogP contribution is 2.40. The molecule has 0 spiro atoms. The summed E-state index contributed by atoms with van der Waals surface area (Å²) in [6.45, 7) is 4.84. The Morgan fingerprint density at radius 1 is 0.973 bits per heavy atom. The number of ketones is 1. The van der Waals surface area contributed by atoms with Crippen LogP contribution in [0.5, 0.6) is 5.75 Å². The zero-order chi connectivity index (χ0) is 25.9. The molecule has 1 aromatic heterocycles. The number of para-hydroxylation sites is 1. The van der Waals surface area contributed by atoms with Gasteiger partial charge >= 0.3 is 0 Å². The molecule has 1 aliphatic heterocycles. The van der Waals surface area contributed by atoms with E-state index in [1.807, 2.05) is 61.7 Å². The molecule has 5 rings (SSSR count). The predicted octanol–water partition coefficient (Wildman–Crippen LogP) is 5.79. The number of carbonyl (C=O) groups is 2. The summed E-state index contributed by atoms with van der Waals surface area (Å²) in [5, 5.41) is 12.4. The first kappa shape index (κ1) is 24.4. The third-order valence-corrected chi connectivity index (χ3v) is 6.98. The molecule has 1 aliphatic rings. The number of nitrogens with one attached hydrogen (secondary N) is 1. The molecule has 1 amide bonds. The van der Waals surface area contributed by atoms with E-state index in [0.29, 0.717) is 30.9 Å². The number of aliphatic hydroxyl groups is 1. The molecule has 1 fully saturated rings. The molecule has 0 bridgehead atoms. The molecule has 3 aromatic carbocycles. The lowest BCUT2D eigenvalue weighted by molar-refractivity contribution is -0.139. The molecule has 0 radical (unpaired) electrons. The van der Waals surface area contributed by atoms with Crippen molar-refractivity contribution >= 4 is 28.4 Å². The van der Waals surface area contributed by atoms with E-state index in [1.54, 1.807) is 29.2 Å². The lowest BCUT2D eigenvalue weighted by Crippen LogP contribution is -2.31. The first-order valence-corrected chi connectivity index (χ1v) is 12.7. The SMILES string of the molecule is CCOc1ccc(/C(O)=C2\C(=O)C(=O)N(CCc3c[nH]c4ccccc34)C2c2ccc(CC)cc2)cc1. The Hall–Kier alpha value is -4.32. The van der Waals surface area contributed by atoms with E-state index in [1.165, 1.54) is 0 Å². The summed E-state index contributed by atoms with van der Waals surface area (Å²) in [6.07, 6.45) is 3.41. The summed E-state index contributed by atoms with van der Waals surface area (Å²) in [7, 11) is 0. The van der Waals surface area contributed by atoms with Gasteiger partial charge in [0.15, 0.2) is 0 Å². The molecule has 1 saturated heterocycles. The van der Waals surface area contributed by atoms with Gasteiger partial charge in [0, 0.05) is 29.2 Å². The maximum atomic E-state index is 13.3. The van der Waals surface area contributed by atoms with Gasteiger partial charge < -0.3 is 19.7 Å². The summed E-state index contributed by atoms with van der Waals surface area (Å²) < 4.78 is 5.50. The minimum absolute atomic E-state index is 0.109. The van der Waals surface area contributed by atoms with Crippen molar-refractivity contribution in [3.63, 3.8) is 0 Å². The number of aromatic nitrogens is 1. The van der Waals surface area contributed by atoms with E-state index in [2.05, 4.69) is 11.9 Å². The van der Waals surface area contributed by atoms with Crippen LogP contribution in [-0.2, 0) is 22.4 Å². The molecular weight excluding hydrogens is 464 g/mol. The first-order chi connectivity index (χ1) is 18.0. The van der Waals surface area contributed by atoms with Gasteiger partial charge in [0.25, 0.3) is 11.7 Å². The summed E-state index contributed by atoms with van der Waals surface area (Å²) in [5.41, 5.74) is 4.63. The number of hydrogen-bond acceptors (Lipinski definition) is 4. The number of Topliss-reactive ketones (excluding diaryl/α,β-unsaturated/α-hetero) is 1. The summed E-state index contributed by atoms with van der Waals surface area (Å²) in [6, 6.07) is 22.1. The number of aryl methyl sites for hydroxylation is 1. The Morgan fingerprint density at radius 3 is 2.41 bits per heavy atom. The second-order valence-electron chi connectivity index (χ2n) is 9.15. The highest BCUT2D eigenvalue weighted by Gasteiger charge is 2.45. The van der Waals surface area contributed by atoms with Crippen LogP contribution in [0.1, 0.15) is 42.1 Å². The number of carbonyl (C=O) groups excluding carboxylic acids is 2. The quantitative estimate of drug-likeness (QED) is 0.184. The second-order valence-corrected chi connectivity index (χ2v) is 9.15. The van der Waals surface area contributed by atoms with E-state index in [4.69, 9.17) is 4.74 Å². The molecule has 0 aliphatic carbocycles. The number of hydrogen-bond donors (Lipinski definition) is 2. The van der Waals surface area contributed by atoms with Crippen LogP contribution in [0.15, 0.2) is 84.6 Å². The van der Waals surface area contributed by atoms with Crippen LogP contribution >= 0.6 is 0 Å². The third-order valence-electron chi connectivity index (χ3n) is 6.98. The first-order valence-electron chi connectivity index (χ1n) is 12.7. The summed E-state index contributed by atoms with van der Waals surface area (Å²) in [5.74, 6) is -0.780. The minimum atomic E-state index is -0.678. The van der Waals surface area contributed by atoms with Crippen molar-refractivity contribution < 1.29 is 19.4 Å². The fourth-order valence-electron chi connectivity index (χ4n) is 5.00. The molecule has 2 N–H and O–H groups in total. The monoisotopic (exact) mass is 494 g/mol. The molecule has 4 aromatic rings. The van der Waals surface area contributed by atoms with Gasteiger partial charge in [-0.25, -0.2) is 0 Å². The van der Waals surface area contributed by atoms with Crippen LogP contribution in [0.25, 0.3) is 16.7 Å². The van der Waals surface area contributed by atoms with E-state index >= 15 is 0 Å². The predicted molar refractivity (Wildman–Crippen MR) is 144 cm³/mol. The smallest absolute Gasteiger partial charge is 0.295 e. The Morgan fingerprint density at radius 2 is 1.70 bits per heavy atom. The maximum Gasteiger partial charge on any atom is 0.295 e. The van der Waals surface area contributed by atoms with Gasteiger partial charge in [-0.2, -0.15) is 0 Å². The zero-order valence-electron chi connectivity index (χ0n) is 21.0. The van der Waals surface area contributed by atoms with Crippen LogP contribution < -0.4 is 4.74 Å². The fourth-order valence-corrected chi connectivity index (χ4v) is 5.00. The van der Waals surface area contributed by atoms with E-state index in [-0.39, 0.29) is 11.3 Å². The van der Waals surface area contributed by atoms with E-state index in [9.17, 15) is 14.7 Å². The number of ether oxygens (including phenoxy) is 1. The van der Waals surface area contributed by atoms with Crippen molar-refractivity contribution in [2.24, 2.45) is 0 Å². The van der Waals surface area contributed by atoms with E-state index < -0.39 is 17.7 Å². The topological polar surface area (TPSA) is 82.6 Å². The van der Waals surface area contributed by atoms with Crippen LogP contribution in [0.4, 0.5) is 0 Å². The molecular formula is C31H30N2O4. The number of amides is 1. The van der Waals surface area contributed by atoms with Crippen molar-refractivity contribution in [1.82, 2.24) is 9.88 Å². The maximum absolute atomic E-state index is 13.3. The molecule has 1 unspecified atom stereocenters. The molecule has 6 nitrogen and oxygen atoms in total. The number of H-pyrrole nitrogens is 1. The molecule has 2 heterocycles. The number of likely N-dealkylation sites (tertiary alicyclic amines) is 1. The van der Waals surface area contributed by atoms with Gasteiger partial charge in [0.1, 0.15) is 11.5 Å². The average molecular weight is 495 g/mol. The van der Waals surface area contributed by atoms with Gasteiger partial charge in [0.05, 0.1) is 18.2 Å². The Kier molecular flexibility index (Phi) is 6.82. The highest BCUT2D eigenvalue weighted by atomic mass is 16.5. The standard InChI is InChI=1S/C31H30N2O4/c1-3-20-9-11-21(12-10-20)28-27(29(34)22-13-15-24(16-14-22)37-4-2)30(35)31(36)33(28)18-17-23-19-32-26-8-6-5-7-25(23)26/h5-16,19,28,32,34H,3-4,17-18H2,1-2H3/b29-27+. The summed E-state index contributed by atoms with van der Waals surface area (Å²) >= 11 is 0. The van der Waals surface area contributed by atoms with Crippen LogP contribution in [0.3, 0.4) is 0 Å². The average Bonchev–Trinajstić information content (AvgIpc) is 3.46. The highest BCUT2D eigenvalue weighted by molar-refractivity contribution is 6.46. The number of rotatable bonds is 8. The van der Waals surface area contributed by atoms with Crippen LogP contribution in [0, 0.1) is 0 Å². The van der Waals surface area contributed by atoms with Crippen molar-refractivity contribution in [3.05, 3.63) is 107 Å². The van der Waals surface area contributed by atoms with Crippen molar-refractivity contribution in [2.45, 2.75) is 32.7 Å². The van der Waals surface area contributed by atoms with Gasteiger partial charge in [-0.1, -0.05) is 49.4 Å². The van der Waals surface area contributed by atoms with Gasteiger partial charge in [-0.3, -0.25) is 9.59 Å². The fraction of sp³-hybridized carbons (Fsp3) is 0.226. The third kappa shape index (κ3) is 4.62.